The van der Waals surface area contributed by atoms with Crippen molar-refractivity contribution in [2.75, 3.05) is 0 Å². The molecule has 2 saturated heterocycles. The number of aromatic nitrogens is 2. The predicted octanol–water partition coefficient (Wildman–Crippen LogP) is 8.01. The third-order valence-corrected chi connectivity index (χ3v) is 8.27. The highest BCUT2D eigenvalue weighted by molar-refractivity contribution is 5.71. The Bertz CT molecular complexity index is 2110. The van der Waals surface area contributed by atoms with Crippen LogP contribution in [0.3, 0.4) is 0 Å². The lowest BCUT2D eigenvalue weighted by Gasteiger charge is -2.16. The molecule has 8 rings (SSSR count). The molecule has 0 aliphatic carbocycles. The summed E-state index contributed by atoms with van der Waals surface area (Å²) in [7, 11) is 0. The van der Waals surface area contributed by atoms with Crippen LogP contribution in [0.5, 0.6) is 0 Å². The molecule has 4 aromatic carbocycles. The van der Waals surface area contributed by atoms with E-state index in [4.69, 9.17) is 9.47 Å². The summed E-state index contributed by atoms with van der Waals surface area (Å²) in [6.07, 6.45) is -1.69. The Morgan fingerprint density at radius 1 is 0.423 bits per heavy atom. The summed E-state index contributed by atoms with van der Waals surface area (Å²) < 4.78 is 10.9. The van der Waals surface area contributed by atoms with Crippen molar-refractivity contribution in [2.24, 2.45) is 0 Å². The topological polar surface area (TPSA) is 102 Å². The molecule has 4 heterocycles. The first-order valence-electron chi connectivity index (χ1n) is 16.7. The van der Waals surface area contributed by atoms with E-state index in [1.807, 2.05) is 158 Å². The van der Waals surface area contributed by atoms with Gasteiger partial charge in [-0.15, -0.1) is 0 Å². The van der Waals surface area contributed by atoms with Crippen molar-refractivity contribution in [3.05, 3.63) is 203 Å². The lowest BCUT2D eigenvalue weighted by atomic mass is 10.00. The molecule has 2 aliphatic heterocycles. The fourth-order valence-electron chi connectivity index (χ4n) is 5.81. The number of carbonyl (C=O) groups is 2. The first-order chi connectivity index (χ1) is 25.6. The van der Waals surface area contributed by atoms with Crippen LogP contribution < -0.4 is 10.6 Å². The van der Waals surface area contributed by atoms with E-state index in [0.29, 0.717) is 11.4 Å². The highest BCUT2D eigenvalue weighted by Gasteiger charge is 2.38. The monoisotopic (exact) mass is 680 g/mol. The van der Waals surface area contributed by atoms with Crippen LogP contribution >= 0.6 is 0 Å². The molecule has 0 unspecified atom stereocenters. The third-order valence-electron chi connectivity index (χ3n) is 8.27. The van der Waals surface area contributed by atoms with Gasteiger partial charge in [0.15, 0.2) is 12.2 Å². The number of carbonyl (C=O) groups excluding carboxylic acids is 2. The molecule has 0 bridgehead atoms. The summed E-state index contributed by atoms with van der Waals surface area (Å²) in [4.78, 5) is 32.9. The molecule has 52 heavy (non-hydrogen) atoms. The Balaban J connectivity index is 0.000000162. The van der Waals surface area contributed by atoms with E-state index < -0.39 is 24.4 Å². The molecule has 2 fully saturated rings. The van der Waals surface area contributed by atoms with Crippen molar-refractivity contribution < 1.29 is 19.1 Å². The summed E-state index contributed by atoms with van der Waals surface area (Å²) in [6, 6.07) is 49.4. The smallest absolute Gasteiger partial charge is 0.408 e. The van der Waals surface area contributed by atoms with Gasteiger partial charge >= 0.3 is 12.2 Å². The minimum absolute atomic E-state index is 0.344. The van der Waals surface area contributed by atoms with Gasteiger partial charge in [-0.1, -0.05) is 121 Å². The number of hydrogen-bond acceptors (Lipinski definition) is 6. The van der Waals surface area contributed by atoms with Gasteiger partial charge in [-0.2, -0.15) is 0 Å². The lowest BCUT2D eigenvalue weighted by Crippen LogP contribution is -2.20. The number of pyridine rings is 2. The molecule has 0 radical (unpaired) electrons. The van der Waals surface area contributed by atoms with Crippen LogP contribution in [0.4, 0.5) is 9.59 Å². The van der Waals surface area contributed by atoms with Crippen LogP contribution in [-0.4, -0.2) is 22.2 Å². The van der Waals surface area contributed by atoms with Gasteiger partial charge in [0.2, 0.25) is 0 Å². The largest absolute Gasteiger partial charge is 0.439 e. The van der Waals surface area contributed by atoms with Crippen molar-refractivity contribution in [2.45, 2.75) is 24.3 Å². The second-order valence-electron chi connectivity index (χ2n) is 11.8. The maximum Gasteiger partial charge on any atom is 0.408 e. The van der Waals surface area contributed by atoms with Gasteiger partial charge in [0, 0.05) is 11.1 Å². The van der Waals surface area contributed by atoms with Crippen molar-refractivity contribution in [1.29, 1.82) is 0 Å². The summed E-state index contributed by atoms with van der Waals surface area (Å²) in [6.45, 7) is 0. The van der Waals surface area contributed by atoms with Crippen molar-refractivity contribution in [3.8, 4) is 23.7 Å². The van der Waals surface area contributed by atoms with E-state index in [1.54, 1.807) is 0 Å². The first-order valence-corrected chi connectivity index (χ1v) is 16.7. The van der Waals surface area contributed by atoms with Gasteiger partial charge in [0.25, 0.3) is 0 Å². The number of nitrogens with one attached hydrogen (secondary N) is 2. The van der Waals surface area contributed by atoms with Crippen LogP contribution in [0.25, 0.3) is 0 Å². The number of ether oxygens (including phenoxy) is 2. The standard InChI is InChI=1S/2C22H16N2O2/c2*25-22-24-20(21(26-22)17-10-5-2-6-11-17)19-13-7-12-18(23-19)15-14-16-8-3-1-4-9-16/h2*1-13,20-21H,(H,24,25)/t2*20-,21-/m10/s1. The zero-order valence-electron chi connectivity index (χ0n) is 27.8. The fourth-order valence-corrected chi connectivity index (χ4v) is 5.81. The Morgan fingerprint density at radius 2 is 0.788 bits per heavy atom. The molecule has 0 spiro atoms. The number of benzene rings is 4. The molecule has 8 nitrogen and oxygen atoms in total. The molecular formula is C44H32N4O4. The van der Waals surface area contributed by atoms with Gasteiger partial charge in [0.1, 0.15) is 23.5 Å². The molecule has 2 N–H and O–H groups in total. The summed E-state index contributed by atoms with van der Waals surface area (Å²) in [5.41, 5.74) is 6.48. The summed E-state index contributed by atoms with van der Waals surface area (Å²) in [5.74, 6) is 12.4. The van der Waals surface area contributed by atoms with Crippen LogP contribution in [0.1, 0.15) is 69.3 Å². The molecule has 6 aromatic rings. The van der Waals surface area contributed by atoms with Gasteiger partial charge in [-0.05, 0) is 71.5 Å². The lowest BCUT2D eigenvalue weighted by molar-refractivity contribution is 0.131. The molecule has 0 saturated carbocycles. The van der Waals surface area contributed by atoms with Crippen molar-refractivity contribution in [1.82, 2.24) is 20.6 Å². The van der Waals surface area contributed by atoms with Crippen LogP contribution in [0, 0.1) is 23.7 Å². The van der Waals surface area contributed by atoms with Gasteiger partial charge < -0.3 is 20.1 Å². The van der Waals surface area contributed by atoms with Gasteiger partial charge in [0.05, 0.1) is 11.4 Å². The van der Waals surface area contributed by atoms with Gasteiger partial charge in [-0.3, -0.25) is 0 Å². The molecule has 2 aliphatic rings. The maximum absolute atomic E-state index is 11.8. The zero-order valence-corrected chi connectivity index (χ0v) is 27.8. The Hall–Kier alpha value is -7.16. The maximum atomic E-state index is 11.8. The normalized spacial score (nSPS) is 18.4. The molecule has 4 atom stereocenters. The minimum Gasteiger partial charge on any atom is -0.439 e. The van der Waals surface area contributed by atoms with E-state index >= 15 is 0 Å². The van der Waals surface area contributed by atoms with Crippen LogP contribution in [0.15, 0.2) is 158 Å². The second kappa shape index (κ2) is 16.0. The van der Waals surface area contributed by atoms with E-state index in [2.05, 4.69) is 44.3 Å². The number of alkyl carbamates (subject to hydrolysis) is 2. The number of cyclic esters (lactones) is 2. The van der Waals surface area contributed by atoms with Crippen LogP contribution in [-0.2, 0) is 9.47 Å². The Kier molecular flexibility index (Phi) is 10.3. The molecule has 2 aromatic heterocycles. The van der Waals surface area contributed by atoms with E-state index in [1.165, 1.54) is 0 Å². The average Bonchev–Trinajstić information content (AvgIpc) is 3.81. The quantitative estimate of drug-likeness (QED) is 0.183. The number of rotatable bonds is 4. The SMILES string of the molecule is O=C1N[C@@H](c2cccc(C#Cc3ccccc3)n2)[C@H](c2ccccc2)O1.O=C1N[C@H](c2cccc(C#Cc3ccccc3)n2)[C@@H](c2ccccc2)O1. The minimum atomic E-state index is -0.438. The molecule has 2 amide bonds. The molecular weight excluding hydrogens is 649 g/mol. The molecule has 252 valence electrons. The summed E-state index contributed by atoms with van der Waals surface area (Å²) >= 11 is 0. The Labute approximate surface area is 301 Å². The third kappa shape index (κ3) is 8.34. The Morgan fingerprint density at radius 3 is 1.17 bits per heavy atom. The molecule has 8 heteroatoms. The fraction of sp³-hybridized carbons (Fsp3) is 0.0909. The highest BCUT2D eigenvalue weighted by atomic mass is 16.6. The van der Waals surface area contributed by atoms with Crippen molar-refractivity contribution >= 4 is 12.2 Å². The predicted molar refractivity (Wildman–Crippen MR) is 196 cm³/mol. The van der Waals surface area contributed by atoms with E-state index in [-0.39, 0.29) is 12.1 Å². The highest BCUT2D eigenvalue weighted by Crippen LogP contribution is 2.37. The number of nitrogens with zero attached hydrogens (tertiary/aromatic N) is 2. The number of hydrogen-bond donors (Lipinski definition) is 2. The second-order valence-corrected chi connectivity index (χ2v) is 11.8. The van der Waals surface area contributed by atoms with E-state index in [0.717, 1.165) is 33.6 Å². The summed E-state index contributed by atoms with van der Waals surface area (Å²) in [5, 5.41) is 5.70. The average molecular weight is 681 g/mol. The van der Waals surface area contributed by atoms with Crippen LogP contribution in [0.2, 0.25) is 0 Å². The van der Waals surface area contributed by atoms with Crippen molar-refractivity contribution in [3.63, 3.8) is 0 Å². The van der Waals surface area contributed by atoms with E-state index in [9.17, 15) is 9.59 Å². The first kappa shape index (κ1) is 33.3. The zero-order chi connectivity index (χ0) is 35.5. The van der Waals surface area contributed by atoms with Gasteiger partial charge in [-0.25, -0.2) is 19.6 Å². The number of amides is 2.